The van der Waals surface area contributed by atoms with Crippen LogP contribution in [-0.2, 0) is 16.6 Å². The van der Waals surface area contributed by atoms with E-state index in [4.69, 9.17) is 25.8 Å². The summed E-state index contributed by atoms with van der Waals surface area (Å²) < 4.78 is 43.7. The number of hydrogen-bond donors (Lipinski definition) is 1. The Bertz CT molecular complexity index is 858. The number of benzene rings is 2. The Morgan fingerprint density at radius 3 is 2.19 bits per heavy atom. The van der Waals surface area contributed by atoms with Gasteiger partial charge in [-0.15, -0.1) is 0 Å². The molecule has 0 aromatic heterocycles. The normalized spacial score (nSPS) is 11.3. The quantitative estimate of drug-likeness (QED) is 0.734. The van der Waals surface area contributed by atoms with E-state index < -0.39 is 10.0 Å². The maximum atomic E-state index is 12.5. The van der Waals surface area contributed by atoms with Crippen LogP contribution in [0.2, 0.25) is 5.02 Å². The van der Waals surface area contributed by atoms with Gasteiger partial charge in [0.1, 0.15) is 0 Å². The van der Waals surface area contributed by atoms with E-state index in [1.165, 1.54) is 26.4 Å². The first kappa shape index (κ1) is 20.4. The van der Waals surface area contributed by atoms with E-state index in [0.29, 0.717) is 34.4 Å². The average molecular weight is 400 g/mol. The molecule has 142 valence electrons. The second kappa shape index (κ2) is 8.62. The monoisotopic (exact) mass is 399 g/mol. The topological polar surface area (TPSA) is 73.9 Å². The number of rotatable bonds is 8. The molecule has 0 radical (unpaired) electrons. The summed E-state index contributed by atoms with van der Waals surface area (Å²) in [6, 6.07) is 8.03. The molecule has 0 aliphatic heterocycles. The minimum absolute atomic E-state index is 0.0625. The summed E-state index contributed by atoms with van der Waals surface area (Å²) in [5.41, 5.74) is 1.48. The minimum Gasteiger partial charge on any atom is -0.493 e. The van der Waals surface area contributed by atoms with Gasteiger partial charge in [-0.25, -0.2) is 13.1 Å². The van der Waals surface area contributed by atoms with Crippen molar-refractivity contribution in [2.24, 2.45) is 0 Å². The van der Waals surface area contributed by atoms with E-state index >= 15 is 0 Å². The Labute approximate surface area is 159 Å². The van der Waals surface area contributed by atoms with Crippen molar-refractivity contribution in [3.63, 3.8) is 0 Å². The van der Waals surface area contributed by atoms with Gasteiger partial charge in [-0.3, -0.25) is 0 Å². The van der Waals surface area contributed by atoms with Crippen LogP contribution >= 0.6 is 11.6 Å². The van der Waals surface area contributed by atoms with E-state index in [1.807, 2.05) is 13.8 Å². The van der Waals surface area contributed by atoms with Gasteiger partial charge in [0.05, 0.1) is 25.7 Å². The van der Waals surface area contributed by atoms with Gasteiger partial charge in [0.2, 0.25) is 15.8 Å². The minimum atomic E-state index is -3.70. The molecule has 26 heavy (non-hydrogen) atoms. The molecule has 0 saturated carbocycles. The van der Waals surface area contributed by atoms with Gasteiger partial charge < -0.3 is 14.2 Å². The molecule has 2 aromatic rings. The van der Waals surface area contributed by atoms with Crippen LogP contribution < -0.4 is 18.9 Å². The molecule has 0 spiro atoms. The van der Waals surface area contributed by atoms with Gasteiger partial charge in [0, 0.05) is 11.6 Å². The van der Waals surface area contributed by atoms with E-state index in [-0.39, 0.29) is 11.4 Å². The number of nitrogens with one attached hydrogen (secondary N) is 1. The molecular weight excluding hydrogens is 378 g/mol. The average Bonchev–Trinajstić information content (AvgIpc) is 2.62. The van der Waals surface area contributed by atoms with E-state index in [0.717, 1.165) is 5.56 Å². The van der Waals surface area contributed by atoms with Gasteiger partial charge in [0.25, 0.3) is 0 Å². The third-order valence-electron chi connectivity index (χ3n) is 3.73. The zero-order chi connectivity index (χ0) is 19.3. The molecular formula is C18H22ClNO5S. The van der Waals surface area contributed by atoms with Crippen LogP contribution in [0.1, 0.15) is 18.1 Å². The number of halogens is 1. The Morgan fingerprint density at radius 1 is 1.08 bits per heavy atom. The highest BCUT2D eigenvalue weighted by molar-refractivity contribution is 7.89. The fourth-order valence-electron chi connectivity index (χ4n) is 2.33. The first-order valence-electron chi connectivity index (χ1n) is 7.96. The lowest BCUT2D eigenvalue weighted by Crippen LogP contribution is -2.23. The Morgan fingerprint density at radius 2 is 1.69 bits per heavy atom. The molecule has 2 rings (SSSR count). The largest absolute Gasteiger partial charge is 0.493 e. The number of sulfonamides is 1. The lowest BCUT2D eigenvalue weighted by molar-refractivity contribution is 0.288. The van der Waals surface area contributed by atoms with Crippen LogP contribution in [0.5, 0.6) is 17.2 Å². The predicted molar refractivity (Wildman–Crippen MR) is 101 cm³/mol. The van der Waals surface area contributed by atoms with Gasteiger partial charge in [-0.1, -0.05) is 17.7 Å². The summed E-state index contributed by atoms with van der Waals surface area (Å²) in [4.78, 5) is 0.109. The molecule has 0 bridgehead atoms. The Kier molecular flexibility index (Phi) is 6.75. The molecule has 0 aliphatic carbocycles. The summed E-state index contributed by atoms with van der Waals surface area (Å²) in [7, 11) is -0.678. The van der Waals surface area contributed by atoms with Crippen LogP contribution in [0.4, 0.5) is 0 Å². The standard InChI is InChI=1S/C18H22ClNO5S/c1-5-25-18-16(23-3)8-13(9-17(18)24-4)11-20-26(21,22)14-7-6-12(2)15(19)10-14/h6-10,20H,5,11H2,1-4H3. The molecule has 0 aliphatic rings. The van der Waals surface area contributed by atoms with E-state index in [1.54, 1.807) is 18.2 Å². The summed E-state index contributed by atoms with van der Waals surface area (Å²) in [5.74, 6) is 1.42. The zero-order valence-electron chi connectivity index (χ0n) is 15.1. The predicted octanol–water partition coefficient (Wildman–Crippen LogP) is 3.54. The van der Waals surface area contributed by atoms with Crippen LogP contribution in [0.15, 0.2) is 35.2 Å². The molecule has 0 saturated heterocycles. The Balaban J connectivity index is 2.26. The fourth-order valence-corrected chi connectivity index (χ4v) is 3.61. The molecule has 0 amide bonds. The lowest BCUT2D eigenvalue weighted by Gasteiger charge is -2.15. The summed E-state index contributed by atoms with van der Waals surface area (Å²) in [5, 5.41) is 0.400. The first-order valence-corrected chi connectivity index (χ1v) is 9.82. The van der Waals surface area contributed by atoms with Crippen LogP contribution in [0.25, 0.3) is 0 Å². The van der Waals surface area contributed by atoms with Crippen LogP contribution in [-0.4, -0.2) is 29.2 Å². The van der Waals surface area contributed by atoms with Gasteiger partial charge in [0.15, 0.2) is 11.5 Å². The van der Waals surface area contributed by atoms with Gasteiger partial charge in [-0.2, -0.15) is 0 Å². The van der Waals surface area contributed by atoms with Crippen molar-refractivity contribution in [1.29, 1.82) is 0 Å². The van der Waals surface area contributed by atoms with Crippen molar-refractivity contribution in [2.75, 3.05) is 20.8 Å². The number of methoxy groups -OCH3 is 2. The van der Waals surface area contributed by atoms with Crippen molar-refractivity contribution in [3.05, 3.63) is 46.5 Å². The third kappa shape index (κ3) is 4.60. The highest BCUT2D eigenvalue weighted by Gasteiger charge is 2.18. The highest BCUT2D eigenvalue weighted by Crippen LogP contribution is 2.38. The summed E-state index contributed by atoms with van der Waals surface area (Å²) in [6.45, 7) is 4.18. The summed E-state index contributed by atoms with van der Waals surface area (Å²) >= 11 is 6.02. The first-order chi connectivity index (χ1) is 12.3. The maximum absolute atomic E-state index is 12.5. The van der Waals surface area contributed by atoms with Crippen molar-refractivity contribution < 1.29 is 22.6 Å². The second-order valence-electron chi connectivity index (χ2n) is 5.50. The van der Waals surface area contributed by atoms with Gasteiger partial charge in [-0.05, 0) is 49.2 Å². The number of hydrogen-bond acceptors (Lipinski definition) is 5. The number of aryl methyl sites for hydroxylation is 1. The summed E-state index contributed by atoms with van der Waals surface area (Å²) in [6.07, 6.45) is 0. The molecule has 1 N–H and O–H groups in total. The lowest BCUT2D eigenvalue weighted by atomic mass is 10.2. The molecule has 6 nitrogen and oxygen atoms in total. The van der Waals surface area contributed by atoms with Crippen molar-refractivity contribution in [1.82, 2.24) is 4.72 Å². The van der Waals surface area contributed by atoms with Crippen molar-refractivity contribution >= 4 is 21.6 Å². The third-order valence-corrected chi connectivity index (χ3v) is 5.54. The molecule has 2 aromatic carbocycles. The SMILES string of the molecule is CCOc1c(OC)cc(CNS(=O)(=O)c2ccc(C)c(Cl)c2)cc1OC. The molecule has 0 atom stereocenters. The van der Waals surface area contributed by atoms with E-state index in [9.17, 15) is 8.42 Å². The molecule has 0 unspecified atom stereocenters. The highest BCUT2D eigenvalue weighted by atomic mass is 35.5. The van der Waals surface area contributed by atoms with Crippen molar-refractivity contribution in [2.45, 2.75) is 25.3 Å². The second-order valence-corrected chi connectivity index (χ2v) is 7.67. The van der Waals surface area contributed by atoms with Gasteiger partial charge >= 0.3 is 0 Å². The fraction of sp³-hybridized carbons (Fsp3) is 0.333. The van der Waals surface area contributed by atoms with Crippen LogP contribution in [0.3, 0.4) is 0 Å². The Hall–Kier alpha value is -1.96. The number of ether oxygens (including phenoxy) is 3. The van der Waals surface area contributed by atoms with E-state index in [2.05, 4.69) is 4.72 Å². The molecule has 0 heterocycles. The molecule has 0 fully saturated rings. The zero-order valence-corrected chi connectivity index (χ0v) is 16.7. The van der Waals surface area contributed by atoms with Crippen molar-refractivity contribution in [3.8, 4) is 17.2 Å². The van der Waals surface area contributed by atoms with Crippen LogP contribution in [0, 0.1) is 6.92 Å². The smallest absolute Gasteiger partial charge is 0.240 e. The molecule has 8 heteroatoms. The maximum Gasteiger partial charge on any atom is 0.240 e.